The minimum Gasteiger partial charge on any atom is -0.277 e. The number of rotatable bonds is 5. The lowest BCUT2D eigenvalue weighted by atomic mass is 10.2. The first kappa shape index (κ1) is 20.9. The first-order valence-corrected chi connectivity index (χ1v) is 9.00. The second kappa shape index (κ2) is 7.71. The van der Waals surface area contributed by atoms with Gasteiger partial charge in [0.15, 0.2) is 5.69 Å². The molecule has 0 spiro atoms. The molecule has 0 saturated heterocycles. The number of alkyl halides is 3. The van der Waals surface area contributed by atoms with Crippen molar-refractivity contribution < 1.29 is 31.2 Å². The normalized spacial score (nSPS) is 11.9. The van der Waals surface area contributed by atoms with Gasteiger partial charge < -0.3 is 0 Å². The molecule has 146 valence electrons. The van der Waals surface area contributed by atoms with Crippen LogP contribution in [-0.2, 0) is 21.0 Å². The zero-order valence-electron chi connectivity index (χ0n) is 13.9. The molecule has 0 atom stereocenters. The van der Waals surface area contributed by atoms with E-state index in [1.165, 1.54) is 32.5 Å². The zero-order chi connectivity index (χ0) is 20.4. The Morgan fingerprint density at radius 3 is 2.56 bits per heavy atom. The number of pyridine rings is 1. The maximum absolute atomic E-state index is 13.0. The van der Waals surface area contributed by atoms with Crippen LogP contribution in [0.25, 0.3) is 0 Å². The third-order valence-corrected chi connectivity index (χ3v) is 5.06. The highest BCUT2D eigenvalue weighted by Crippen LogP contribution is 2.36. The first-order valence-electron chi connectivity index (χ1n) is 7.14. The van der Waals surface area contributed by atoms with Gasteiger partial charge in [-0.1, -0.05) is 11.6 Å². The van der Waals surface area contributed by atoms with Gasteiger partial charge in [0.2, 0.25) is 0 Å². The Hall–Kier alpha value is -2.37. The number of sulfonamides is 1. The fourth-order valence-electron chi connectivity index (χ4n) is 1.98. The quantitative estimate of drug-likeness (QED) is 0.746. The summed E-state index contributed by atoms with van der Waals surface area (Å²) in [5.41, 5.74) is -1.82. The molecule has 1 heterocycles. The van der Waals surface area contributed by atoms with Gasteiger partial charge in [-0.25, -0.2) is 18.5 Å². The number of carbonyl (C=O) groups excluding carboxylic acids is 1. The van der Waals surface area contributed by atoms with Gasteiger partial charge in [-0.15, -0.1) is 0 Å². The van der Waals surface area contributed by atoms with Crippen LogP contribution in [0.5, 0.6) is 0 Å². The zero-order valence-corrected chi connectivity index (χ0v) is 15.5. The van der Waals surface area contributed by atoms with Crippen LogP contribution >= 0.6 is 11.6 Å². The fraction of sp³-hybridized carbons (Fsp3) is 0.200. The van der Waals surface area contributed by atoms with Crippen molar-refractivity contribution in [2.75, 3.05) is 18.9 Å². The van der Waals surface area contributed by atoms with E-state index in [0.717, 1.165) is 17.2 Å². The van der Waals surface area contributed by atoms with Crippen molar-refractivity contribution in [3.8, 4) is 0 Å². The van der Waals surface area contributed by atoms with Crippen molar-refractivity contribution in [1.82, 2.24) is 10.0 Å². The van der Waals surface area contributed by atoms with Crippen molar-refractivity contribution in [1.29, 1.82) is 0 Å². The Balaban J connectivity index is 2.46. The van der Waals surface area contributed by atoms with Crippen molar-refractivity contribution in [2.24, 2.45) is 0 Å². The topological polar surface area (TPSA) is 88.6 Å². The number of hydrogen-bond acceptors (Lipinski definition) is 5. The third-order valence-electron chi connectivity index (χ3n) is 3.37. The van der Waals surface area contributed by atoms with Crippen molar-refractivity contribution in [3.05, 3.63) is 52.8 Å². The van der Waals surface area contributed by atoms with E-state index in [1.54, 1.807) is 0 Å². The number of aromatic nitrogens is 1. The number of halogens is 4. The van der Waals surface area contributed by atoms with Gasteiger partial charge in [0.1, 0.15) is 0 Å². The van der Waals surface area contributed by atoms with Crippen LogP contribution in [0.15, 0.2) is 41.4 Å². The van der Waals surface area contributed by atoms with Gasteiger partial charge in [-0.05, 0) is 30.3 Å². The van der Waals surface area contributed by atoms with Gasteiger partial charge in [-0.3, -0.25) is 14.4 Å². The SMILES string of the molecule is CON(C)C(=O)c1ncccc1NS(=O)(=O)c1ccc(Cl)c(C(F)(F)F)c1. The van der Waals surface area contributed by atoms with Crippen LogP contribution in [0, 0.1) is 0 Å². The fourth-order valence-corrected chi connectivity index (χ4v) is 3.30. The minimum absolute atomic E-state index is 0.227. The lowest BCUT2D eigenvalue weighted by Gasteiger charge is -2.16. The predicted molar refractivity (Wildman–Crippen MR) is 90.6 cm³/mol. The van der Waals surface area contributed by atoms with Crippen LogP contribution in [-0.4, -0.2) is 38.5 Å². The molecule has 1 aromatic heterocycles. The molecular weight excluding hydrogens is 411 g/mol. The molecular formula is C15H13ClF3N3O4S. The van der Waals surface area contributed by atoms with Crippen molar-refractivity contribution >= 4 is 33.2 Å². The molecule has 2 aromatic rings. The van der Waals surface area contributed by atoms with E-state index in [1.807, 2.05) is 0 Å². The average Bonchev–Trinajstić information content (AvgIpc) is 2.59. The molecule has 0 fully saturated rings. The third kappa shape index (κ3) is 4.67. The summed E-state index contributed by atoms with van der Waals surface area (Å²) in [6.45, 7) is 0. The van der Waals surface area contributed by atoms with Gasteiger partial charge in [0.05, 0.1) is 28.3 Å². The van der Waals surface area contributed by atoms with E-state index in [0.29, 0.717) is 6.07 Å². The van der Waals surface area contributed by atoms with E-state index >= 15 is 0 Å². The van der Waals surface area contributed by atoms with Crippen LogP contribution in [0.2, 0.25) is 5.02 Å². The maximum Gasteiger partial charge on any atom is 0.417 e. The van der Waals surface area contributed by atoms with Crippen LogP contribution < -0.4 is 4.72 Å². The van der Waals surface area contributed by atoms with Crippen LogP contribution in [0.4, 0.5) is 18.9 Å². The van der Waals surface area contributed by atoms with Crippen LogP contribution in [0.3, 0.4) is 0 Å². The smallest absolute Gasteiger partial charge is 0.277 e. The minimum atomic E-state index is -4.83. The number of nitrogens with zero attached hydrogens (tertiary/aromatic N) is 2. The van der Waals surface area contributed by atoms with Gasteiger partial charge in [-0.2, -0.15) is 13.2 Å². The average molecular weight is 424 g/mol. The number of hydroxylamine groups is 2. The number of carbonyl (C=O) groups is 1. The predicted octanol–water partition coefficient (Wildman–Crippen LogP) is 3.19. The van der Waals surface area contributed by atoms with E-state index in [2.05, 4.69) is 9.71 Å². The molecule has 1 aromatic carbocycles. The van der Waals surface area contributed by atoms with Crippen molar-refractivity contribution in [2.45, 2.75) is 11.1 Å². The standard InChI is InChI=1S/C15H13ClF3N3O4S/c1-22(26-2)14(23)13-12(4-3-7-20-13)21-27(24,25)9-5-6-11(16)10(8-9)15(17,18)19/h3-8,21H,1-2H3. The second-order valence-electron chi connectivity index (χ2n) is 5.13. The Morgan fingerprint density at radius 2 is 1.96 bits per heavy atom. The summed E-state index contributed by atoms with van der Waals surface area (Å²) in [5.74, 6) is -0.761. The number of nitrogens with one attached hydrogen (secondary N) is 1. The molecule has 0 aliphatic carbocycles. The van der Waals surface area contributed by atoms with Gasteiger partial charge >= 0.3 is 6.18 Å². The first-order chi connectivity index (χ1) is 12.5. The summed E-state index contributed by atoms with van der Waals surface area (Å²) in [6, 6.07) is 4.74. The molecule has 12 heteroatoms. The summed E-state index contributed by atoms with van der Waals surface area (Å²) in [6.07, 6.45) is -3.59. The molecule has 1 N–H and O–H groups in total. The molecule has 7 nitrogen and oxygen atoms in total. The van der Waals surface area contributed by atoms with E-state index in [9.17, 15) is 26.4 Å². The molecule has 0 aliphatic rings. The number of anilines is 1. The van der Waals surface area contributed by atoms with Gasteiger partial charge in [0, 0.05) is 13.2 Å². The van der Waals surface area contributed by atoms with E-state index < -0.39 is 37.6 Å². The van der Waals surface area contributed by atoms with Gasteiger partial charge in [0.25, 0.3) is 15.9 Å². The Morgan fingerprint density at radius 1 is 1.30 bits per heavy atom. The largest absolute Gasteiger partial charge is 0.417 e. The highest BCUT2D eigenvalue weighted by Gasteiger charge is 2.34. The molecule has 0 saturated carbocycles. The van der Waals surface area contributed by atoms with Crippen LogP contribution in [0.1, 0.15) is 16.1 Å². The Kier molecular flexibility index (Phi) is 5.97. The highest BCUT2D eigenvalue weighted by molar-refractivity contribution is 7.92. The number of benzene rings is 1. The lowest BCUT2D eigenvalue weighted by Crippen LogP contribution is -2.28. The number of amides is 1. The summed E-state index contributed by atoms with van der Waals surface area (Å²) >= 11 is 5.50. The molecule has 0 aliphatic heterocycles. The summed E-state index contributed by atoms with van der Waals surface area (Å²) < 4.78 is 66.0. The highest BCUT2D eigenvalue weighted by atomic mass is 35.5. The number of hydrogen-bond donors (Lipinski definition) is 1. The summed E-state index contributed by atoms with van der Waals surface area (Å²) in [7, 11) is -1.96. The molecule has 0 bridgehead atoms. The van der Waals surface area contributed by atoms with Crippen molar-refractivity contribution in [3.63, 3.8) is 0 Å². The molecule has 0 unspecified atom stereocenters. The molecule has 1 amide bonds. The molecule has 27 heavy (non-hydrogen) atoms. The monoisotopic (exact) mass is 423 g/mol. The second-order valence-corrected chi connectivity index (χ2v) is 7.22. The lowest BCUT2D eigenvalue weighted by molar-refractivity contribution is -0.137. The maximum atomic E-state index is 13.0. The molecule has 2 rings (SSSR count). The van der Waals surface area contributed by atoms with E-state index in [-0.39, 0.29) is 11.4 Å². The summed E-state index contributed by atoms with van der Waals surface area (Å²) in [5, 5.41) is 0.171. The summed E-state index contributed by atoms with van der Waals surface area (Å²) in [4.78, 5) is 20.0. The Labute approximate surface area is 157 Å². The van der Waals surface area contributed by atoms with E-state index in [4.69, 9.17) is 16.4 Å². The Bertz CT molecular complexity index is 967. The molecule has 0 radical (unpaired) electrons.